The van der Waals surface area contributed by atoms with Gasteiger partial charge < -0.3 is 14.2 Å². The van der Waals surface area contributed by atoms with Crippen LogP contribution in [0.25, 0.3) is 6.08 Å². The second-order valence-corrected chi connectivity index (χ2v) is 5.99. The highest BCUT2D eigenvalue weighted by Crippen LogP contribution is 2.22. The van der Waals surface area contributed by atoms with Gasteiger partial charge in [0.25, 0.3) is 0 Å². The van der Waals surface area contributed by atoms with Crippen molar-refractivity contribution in [3.8, 4) is 17.6 Å². The van der Waals surface area contributed by atoms with Gasteiger partial charge in [-0.1, -0.05) is 6.07 Å². The van der Waals surface area contributed by atoms with E-state index >= 15 is 0 Å². The van der Waals surface area contributed by atoms with Crippen LogP contribution in [0.3, 0.4) is 0 Å². The molecule has 0 atom stereocenters. The summed E-state index contributed by atoms with van der Waals surface area (Å²) in [6, 6.07) is 13.2. The van der Waals surface area contributed by atoms with Gasteiger partial charge in [-0.3, -0.25) is 0 Å². The summed E-state index contributed by atoms with van der Waals surface area (Å²) in [4.78, 5) is 11.9. The first-order chi connectivity index (χ1) is 13.0. The number of esters is 1. The Kier molecular flexibility index (Phi) is 7.01. The summed E-state index contributed by atoms with van der Waals surface area (Å²) in [5.41, 5.74) is 3.79. The molecule has 0 aliphatic rings. The van der Waals surface area contributed by atoms with Gasteiger partial charge in [0.2, 0.25) is 0 Å². The molecule has 27 heavy (non-hydrogen) atoms. The number of nitrogens with zero attached hydrogens (tertiary/aromatic N) is 1. The number of ether oxygens (including phenoxy) is 3. The minimum absolute atomic E-state index is 0.0224. The summed E-state index contributed by atoms with van der Waals surface area (Å²) in [6.07, 6.45) is 1.56. The van der Waals surface area contributed by atoms with Crippen LogP contribution < -0.4 is 9.47 Å². The number of hydrogen-bond acceptors (Lipinski definition) is 5. The summed E-state index contributed by atoms with van der Waals surface area (Å²) in [5, 5.41) is 9.24. The molecule has 0 aromatic heterocycles. The number of aryl methyl sites for hydroxylation is 2. The number of methoxy groups -OCH3 is 1. The minimum Gasteiger partial charge on any atom is -0.497 e. The number of benzene rings is 2. The first kappa shape index (κ1) is 20.1. The van der Waals surface area contributed by atoms with Crippen molar-refractivity contribution in [2.75, 3.05) is 13.7 Å². The third-order valence-electron chi connectivity index (χ3n) is 4.09. The Balaban J connectivity index is 2.24. The maximum atomic E-state index is 11.9. The Labute approximate surface area is 159 Å². The second-order valence-electron chi connectivity index (χ2n) is 5.99. The molecular weight excluding hydrogens is 342 g/mol. The third kappa shape index (κ3) is 5.35. The van der Waals surface area contributed by atoms with Crippen LogP contribution in [-0.2, 0) is 16.1 Å². The van der Waals surface area contributed by atoms with Gasteiger partial charge in [-0.05, 0) is 79.4 Å². The zero-order chi connectivity index (χ0) is 19.8. The summed E-state index contributed by atoms with van der Waals surface area (Å²) in [7, 11) is 1.62. The van der Waals surface area contributed by atoms with Crippen LogP contribution in [0.1, 0.15) is 29.2 Å². The van der Waals surface area contributed by atoms with E-state index in [0.717, 1.165) is 33.8 Å². The fourth-order valence-electron chi connectivity index (χ4n) is 2.56. The van der Waals surface area contributed by atoms with Crippen molar-refractivity contribution in [2.45, 2.75) is 27.4 Å². The molecule has 0 aliphatic carbocycles. The minimum atomic E-state index is -0.615. The molecule has 2 aromatic carbocycles. The molecular formula is C22H23NO4. The summed E-state index contributed by atoms with van der Waals surface area (Å²) >= 11 is 0. The van der Waals surface area contributed by atoms with Crippen molar-refractivity contribution in [1.29, 1.82) is 5.26 Å². The van der Waals surface area contributed by atoms with E-state index in [4.69, 9.17) is 14.2 Å². The zero-order valence-corrected chi connectivity index (χ0v) is 16.0. The predicted octanol–water partition coefficient (Wildman–Crippen LogP) is 4.36. The highest BCUT2D eigenvalue weighted by atomic mass is 16.5. The zero-order valence-electron chi connectivity index (χ0n) is 16.0. The van der Waals surface area contributed by atoms with Gasteiger partial charge in [0, 0.05) is 0 Å². The molecule has 140 valence electrons. The van der Waals surface area contributed by atoms with Crippen molar-refractivity contribution in [3.05, 3.63) is 64.2 Å². The topological polar surface area (TPSA) is 68.6 Å². The van der Waals surface area contributed by atoms with Crippen molar-refractivity contribution in [2.24, 2.45) is 0 Å². The molecule has 0 aliphatic heterocycles. The number of nitriles is 1. The van der Waals surface area contributed by atoms with E-state index in [1.165, 1.54) is 0 Å². The van der Waals surface area contributed by atoms with Gasteiger partial charge in [0.05, 0.1) is 13.7 Å². The molecule has 0 heterocycles. The molecule has 0 fully saturated rings. The highest BCUT2D eigenvalue weighted by molar-refractivity contribution is 5.98. The summed E-state index contributed by atoms with van der Waals surface area (Å²) in [6.45, 7) is 6.25. The van der Waals surface area contributed by atoms with Gasteiger partial charge in [-0.15, -0.1) is 0 Å². The van der Waals surface area contributed by atoms with Crippen LogP contribution in [0.15, 0.2) is 42.0 Å². The largest absolute Gasteiger partial charge is 0.497 e. The molecule has 5 nitrogen and oxygen atoms in total. The summed E-state index contributed by atoms with van der Waals surface area (Å²) in [5.74, 6) is 0.886. The number of rotatable bonds is 7. The summed E-state index contributed by atoms with van der Waals surface area (Å²) < 4.78 is 15.9. The lowest BCUT2D eigenvalue weighted by molar-refractivity contribution is -0.137. The predicted molar refractivity (Wildman–Crippen MR) is 103 cm³/mol. The molecule has 0 N–H and O–H groups in total. The monoisotopic (exact) mass is 365 g/mol. The Hall–Kier alpha value is -3.26. The van der Waals surface area contributed by atoms with Gasteiger partial charge in [-0.2, -0.15) is 5.26 Å². The molecule has 0 bridgehead atoms. The normalized spacial score (nSPS) is 10.9. The van der Waals surface area contributed by atoms with E-state index in [1.54, 1.807) is 20.1 Å². The average Bonchev–Trinajstić information content (AvgIpc) is 2.67. The highest BCUT2D eigenvalue weighted by Gasteiger charge is 2.12. The maximum absolute atomic E-state index is 11.9. The van der Waals surface area contributed by atoms with E-state index in [9.17, 15) is 10.1 Å². The van der Waals surface area contributed by atoms with Crippen LogP contribution in [0.4, 0.5) is 0 Å². The lowest BCUT2D eigenvalue weighted by Gasteiger charge is -2.12. The van der Waals surface area contributed by atoms with Gasteiger partial charge >= 0.3 is 5.97 Å². The SMILES string of the molecule is CCOC(=O)/C(C#N)=C/c1cc(COc2ccc(OC)cc2)c(C)cc1C. The molecule has 0 saturated heterocycles. The fraction of sp³-hybridized carbons (Fsp3) is 0.273. The van der Waals surface area contributed by atoms with E-state index in [0.29, 0.717) is 6.61 Å². The van der Waals surface area contributed by atoms with Crippen LogP contribution in [0.5, 0.6) is 11.5 Å². The lowest BCUT2D eigenvalue weighted by Crippen LogP contribution is -2.06. The lowest BCUT2D eigenvalue weighted by atomic mass is 9.98. The fourth-order valence-corrected chi connectivity index (χ4v) is 2.56. The smallest absolute Gasteiger partial charge is 0.348 e. The Bertz CT molecular complexity index is 876. The van der Waals surface area contributed by atoms with Crippen molar-refractivity contribution >= 4 is 12.0 Å². The first-order valence-corrected chi connectivity index (χ1v) is 8.64. The van der Waals surface area contributed by atoms with Gasteiger partial charge in [-0.25, -0.2) is 4.79 Å². The first-order valence-electron chi connectivity index (χ1n) is 8.64. The van der Waals surface area contributed by atoms with Crippen molar-refractivity contribution in [1.82, 2.24) is 0 Å². The van der Waals surface area contributed by atoms with Crippen LogP contribution in [0.2, 0.25) is 0 Å². The Morgan fingerprint density at radius 2 is 1.78 bits per heavy atom. The number of carbonyl (C=O) groups excluding carboxylic acids is 1. The average molecular weight is 365 g/mol. The molecule has 5 heteroatoms. The van der Waals surface area contributed by atoms with E-state index in [-0.39, 0.29) is 12.2 Å². The molecule has 0 unspecified atom stereocenters. The van der Waals surface area contributed by atoms with Crippen molar-refractivity contribution < 1.29 is 19.0 Å². The van der Waals surface area contributed by atoms with E-state index < -0.39 is 5.97 Å². The van der Waals surface area contributed by atoms with Crippen LogP contribution in [0, 0.1) is 25.2 Å². The van der Waals surface area contributed by atoms with Crippen LogP contribution in [-0.4, -0.2) is 19.7 Å². The quantitative estimate of drug-likeness (QED) is 0.414. The molecule has 0 radical (unpaired) electrons. The van der Waals surface area contributed by atoms with E-state index in [2.05, 4.69) is 0 Å². The van der Waals surface area contributed by atoms with Crippen LogP contribution >= 0.6 is 0 Å². The Morgan fingerprint density at radius 1 is 1.11 bits per heavy atom. The molecule has 2 aromatic rings. The molecule has 0 amide bonds. The third-order valence-corrected chi connectivity index (χ3v) is 4.09. The molecule has 0 saturated carbocycles. The number of hydrogen-bond donors (Lipinski definition) is 0. The Morgan fingerprint density at radius 3 is 2.37 bits per heavy atom. The molecule has 2 rings (SSSR count). The van der Waals surface area contributed by atoms with Crippen molar-refractivity contribution in [3.63, 3.8) is 0 Å². The van der Waals surface area contributed by atoms with Gasteiger partial charge in [0.1, 0.15) is 29.7 Å². The van der Waals surface area contributed by atoms with E-state index in [1.807, 2.05) is 56.3 Å². The standard InChI is InChI=1S/C22H23NO4/c1-5-26-22(24)18(13-23)11-17-12-19(16(3)10-15(17)2)14-27-21-8-6-20(25-4)7-9-21/h6-12H,5,14H2,1-4H3/b18-11+. The number of carbonyl (C=O) groups is 1. The molecule has 0 spiro atoms. The van der Waals surface area contributed by atoms with Gasteiger partial charge in [0.15, 0.2) is 0 Å². The maximum Gasteiger partial charge on any atom is 0.348 e. The second kappa shape index (κ2) is 9.44.